The summed E-state index contributed by atoms with van der Waals surface area (Å²) >= 11 is 0. The van der Waals surface area contributed by atoms with E-state index in [-0.39, 0.29) is 5.91 Å². The average molecular weight is 361 g/mol. The van der Waals surface area contributed by atoms with Crippen molar-refractivity contribution in [3.8, 4) is 5.75 Å². The van der Waals surface area contributed by atoms with E-state index in [1.54, 1.807) is 40.0 Å². The fourth-order valence-electron chi connectivity index (χ4n) is 3.11. The molecule has 4 rings (SSSR count). The van der Waals surface area contributed by atoms with Gasteiger partial charge in [0, 0.05) is 24.8 Å². The predicted molar refractivity (Wildman–Crippen MR) is 101 cm³/mol. The zero-order valence-corrected chi connectivity index (χ0v) is 14.7. The number of carbonyl (C=O) groups excluding carboxylic acids is 2. The number of anilines is 1. The molecule has 0 atom stereocenters. The maximum absolute atomic E-state index is 12.3. The van der Waals surface area contributed by atoms with Gasteiger partial charge in [0.1, 0.15) is 5.75 Å². The van der Waals surface area contributed by atoms with Gasteiger partial charge in [-0.2, -0.15) is 5.10 Å². The third kappa shape index (κ3) is 3.89. The van der Waals surface area contributed by atoms with Crippen LogP contribution in [0.3, 0.4) is 0 Å². The smallest absolute Gasteiger partial charge is 0.346 e. The molecule has 0 spiro atoms. The minimum absolute atomic E-state index is 0.130. The number of ether oxygens (including phenoxy) is 1. The average Bonchev–Trinajstić information content (AvgIpc) is 3.32. The van der Waals surface area contributed by atoms with E-state index in [2.05, 4.69) is 5.10 Å². The number of hydrogen-bond donors (Lipinski definition) is 0. The summed E-state index contributed by atoms with van der Waals surface area (Å²) in [5.74, 6) is 0.107. The first kappa shape index (κ1) is 17.0. The lowest BCUT2D eigenvalue weighted by Gasteiger charge is -2.15. The Hall–Kier alpha value is -3.41. The summed E-state index contributed by atoms with van der Waals surface area (Å²) in [5.41, 5.74) is 2.32. The molecule has 136 valence electrons. The van der Waals surface area contributed by atoms with Crippen LogP contribution in [0.25, 0.3) is 0 Å². The van der Waals surface area contributed by atoms with Gasteiger partial charge in [-0.05, 0) is 36.2 Å². The van der Waals surface area contributed by atoms with Gasteiger partial charge in [-0.25, -0.2) is 4.79 Å². The Morgan fingerprint density at radius 2 is 1.85 bits per heavy atom. The lowest BCUT2D eigenvalue weighted by atomic mass is 10.2. The van der Waals surface area contributed by atoms with Crippen molar-refractivity contribution in [1.82, 2.24) is 9.78 Å². The van der Waals surface area contributed by atoms with Crippen molar-refractivity contribution in [2.75, 3.05) is 11.4 Å². The highest BCUT2D eigenvalue weighted by Crippen LogP contribution is 2.24. The number of amides is 1. The molecule has 0 N–H and O–H groups in total. The standard InChI is InChI=1S/C21H19N3O3/c25-20-7-4-12-24(20)18-8-10-19(11-9-18)27-21(26)17-13-22-23(15-17)14-16-5-2-1-3-6-16/h1-3,5-6,8-11,13,15H,4,7,12,14H2. The first-order valence-electron chi connectivity index (χ1n) is 8.88. The SMILES string of the molecule is O=C(Oc1ccc(N2CCCC2=O)cc1)c1cnn(Cc2ccccc2)c1. The molecule has 3 aromatic rings. The third-order valence-corrected chi connectivity index (χ3v) is 4.49. The molecule has 0 radical (unpaired) electrons. The van der Waals surface area contributed by atoms with Gasteiger partial charge in [0.25, 0.3) is 0 Å². The summed E-state index contributed by atoms with van der Waals surface area (Å²) in [6.45, 7) is 1.32. The van der Waals surface area contributed by atoms with E-state index in [1.807, 2.05) is 30.3 Å². The molecule has 1 fully saturated rings. The predicted octanol–water partition coefficient (Wildman–Crippen LogP) is 3.28. The minimum atomic E-state index is -0.459. The summed E-state index contributed by atoms with van der Waals surface area (Å²) in [6, 6.07) is 16.9. The van der Waals surface area contributed by atoms with Crippen LogP contribution < -0.4 is 9.64 Å². The largest absolute Gasteiger partial charge is 0.423 e. The summed E-state index contributed by atoms with van der Waals surface area (Å²) in [5, 5.41) is 4.22. The van der Waals surface area contributed by atoms with E-state index in [4.69, 9.17) is 4.74 Å². The minimum Gasteiger partial charge on any atom is -0.423 e. The van der Waals surface area contributed by atoms with Gasteiger partial charge in [0.15, 0.2) is 0 Å². The Balaban J connectivity index is 1.40. The molecular formula is C21H19N3O3. The molecule has 1 aliphatic rings. The van der Waals surface area contributed by atoms with Crippen LogP contribution in [0.4, 0.5) is 5.69 Å². The Labute approximate surface area is 157 Å². The first-order chi connectivity index (χ1) is 13.2. The number of benzene rings is 2. The maximum Gasteiger partial charge on any atom is 0.346 e. The van der Waals surface area contributed by atoms with Gasteiger partial charge in [0.2, 0.25) is 5.91 Å². The van der Waals surface area contributed by atoms with Gasteiger partial charge in [0.05, 0.1) is 18.3 Å². The third-order valence-electron chi connectivity index (χ3n) is 4.49. The van der Waals surface area contributed by atoms with Crippen molar-refractivity contribution in [3.05, 3.63) is 78.1 Å². The molecule has 6 nitrogen and oxygen atoms in total. The van der Waals surface area contributed by atoms with E-state index >= 15 is 0 Å². The molecule has 1 aromatic heterocycles. The molecule has 6 heteroatoms. The fraction of sp³-hybridized carbons (Fsp3) is 0.190. The van der Waals surface area contributed by atoms with Crippen LogP contribution in [0.15, 0.2) is 67.0 Å². The van der Waals surface area contributed by atoms with Crippen molar-refractivity contribution < 1.29 is 14.3 Å². The second-order valence-corrected chi connectivity index (χ2v) is 6.44. The topological polar surface area (TPSA) is 64.4 Å². The molecule has 1 aliphatic heterocycles. The number of carbonyl (C=O) groups is 2. The second-order valence-electron chi connectivity index (χ2n) is 6.44. The van der Waals surface area contributed by atoms with Crippen LogP contribution in [0.1, 0.15) is 28.8 Å². The van der Waals surface area contributed by atoms with Crippen LogP contribution in [0, 0.1) is 0 Å². The van der Waals surface area contributed by atoms with E-state index in [1.165, 1.54) is 6.20 Å². The van der Waals surface area contributed by atoms with E-state index < -0.39 is 5.97 Å². The first-order valence-corrected chi connectivity index (χ1v) is 8.88. The quantitative estimate of drug-likeness (QED) is 0.517. The van der Waals surface area contributed by atoms with Gasteiger partial charge in [-0.15, -0.1) is 0 Å². The van der Waals surface area contributed by atoms with Crippen LogP contribution in [0.5, 0.6) is 5.75 Å². The van der Waals surface area contributed by atoms with Gasteiger partial charge < -0.3 is 9.64 Å². The zero-order valence-electron chi connectivity index (χ0n) is 14.7. The van der Waals surface area contributed by atoms with Gasteiger partial charge in [-0.3, -0.25) is 9.48 Å². The Morgan fingerprint density at radius 3 is 2.56 bits per heavy atom. The Morgan fingerprint density at radius 1 is 1.07 bits per heavy atom. The lowest BCUT2D eigenvalue weighted by Crippen LogP contribution is -2.23. The number of rotatable bonds is 5. The molecule has 0 bridgehead atoms. The molecule has 0 saturated carbocycles. The summed E-state index contributed by atoms with van der Waals surface area (Å²) in [7, 11) is 0. The number of nitrogens with zero attached hydrogens (tertiary/aromatic N) is 3. The summed E-state index contributed by atoms with van der Waals surface area (Å²) in [6.07, 6.45) is 4.64. The van der Waals surface area contributed by atoms with E-state index in [0.29, 0.717) is 24.3 Å². The molecule has 2 heterocycles. The molecule has 2 aromatic carbocycles. The second kappa shape index (κ2) is 7.45. The van der Waals surface area contributed by atoms with Crippen molar-refractivity contribution in [2.45, 2.75) is 19.4 Å². The highest BCUT2D eigenvalue weighted by molar-refractivity contribution is 5.95. The van der Waals surface area contributed by atoms with E-state index in [9.17, 15) is 9.59 Å². The Bertz CT molecular complexity index is 948. The lowest BCUT2D eigenvalue weighted by molar-refractivity contribution is -0.117. The van der Waals surface area contributed by atoms with E-state index in [0.717, 1.165) is 24.2 Å². The fourth-order valence-corrected chi connectivity index (χ4v) is 3.11. The van der Waals surface area contributed by atoms with Crippen LogP contribution in [-0.2, 0) is 11.3 Å². The van der Waals surface area contributed by atoms with Gasteiger partial charge in [-0.1, -0.05) is 30.3 Å². The number of aromatic nitrogens is 2. The molecular weight excluding hydrogens is 342 g/mol. The highest BCUT2D eigenvalue weighted by atomic mass is 16.5. The number of esters is 1. The maximum atomic E-state index is 12.3. The normalized spacial score (nSPS) is 13.8. The number of hydrogen-bond acceptors (Lipinski definition) is 4. The highest BCUT2D eigenvalue weighted by Gasteiger charge is 2.21. The van der Waals surface area contributed by atoms with Crippen molar-refractivity contribution in [1.29, 1.82) is 0 Å². The summed E-state index contributed by atoms with van der Waals surface area (Å²) in [4.78, 5) is 25.9. The molecule has 1 saturated heterocycles. The van der Waals surface area contributed by atoms with Crippen LogP contribution in [-0.4, -0.2) is 28.2 Å². The molecule has 27 heavy (non-hydrogen) atoms. The zero-order chi connectivity index (χ0) is 18.6. The van der Waals surface area contributed by atoms with Crippen LogP contribution >= 0.6 is 0 Å². The monoisotopic (exact) mass is 361 g/mol. The molecule has 1 amide bonds. The van der Waals surface area contributed by atoms with Crippen molar-refractivity contribution in [3.63, 3.8) is 0 Å². The molecule has 0 unspecified atom stereocenters. The van der Waals surface area contributed by atoms with Crippen molar-refractivity contribution in [2.24, 2.45) is 0 Å². The Kier molecular flexibility index (Phi) is 4.70. The van der Waals surface area contributed by atoms with Crippen molar-refractivity contribution >= 4 is 17.6 Å². The molecule has 0 aliphatic carbocycles. The summed E-state index contributed by atoms with van der Waals surface area (Å²) < 4.78 is 7.12. The van der Waals surface area contributed by atoms with Gasteiger partial charge >= 0.3 is 5.97 Å². The van der Waals surface area contributed by atoms with Crippen LogP contribution in [0.2, 0.25) is 0 Å².